The van der Waals surface area contributed by atoms with Gasteiger partial charge in [-0.3, -0.25) is 9.78 Å². The fourth-order valence-corrected chi connectivity index (χ4v) is 1.94. The van der Waals surface area contributed by atoms with Gasteiger partial charge in [0.25, 0.3) is 5.91 Å². The van der Waals surface area contributed by atoms with Gasteiger partial charge in [0.2, 0.25) is 0 Å². The number of nitrogens with zero attached hydrogens (tertiary/aromatic N) is 2. The van der Waals surface area contributed by atoms with Crippen LogP contribution in [-0.4, -0.2) is 35.0 Å². The Morgan fingerprint density at radius 1 is 1.47 bits per heavy atom. The van der Waals surface area contributed by atoms with Gasteiger partial charge in [-0.05, 0) is 25.8 Å². The van der Waals surface area contributed by atoms with Crippen LogP contribution in [0.3, 0.4) is 0 Å². The normalized spacial score (nSPS) is 24.4. The van der Waals surface area contributed by atoms with Gasteiger partial charge in [0.15, 0.2) is 0 Å². The molecule has 0 aliphatic carbocycles. The topological polar surface area (TPSA) is 66.9 Å². The largest absolute Gasteiger partial charge is 0.346 e. The van der Waals surface area contributed by atoms with Crippen LogP contribution in [0, 0.1) is 12.8 Å². The molecule has 1 fully saturated rings. The number of piperidine rings is 1. The zero-order chi connectivity index (χ0) is 12.3. The van der Waals surface area contributed by atoms with Crippen molar-refractivity contribution in [3.63, 3.8) is 0 Å². The molecule has 0 bridgehead atoms. The van der Waals surface area contributed by atoms with Crippen LogP contribution in [0.4, 0.5) is 0 Å². The zero-order valence-electron chi connectivity index (χ0n) is 10.2. The minimum atomic E-state index is -0.141. The number of aromatic nitrogens is 2. The highest BCUT2D eigenvalue weighted by Gasteiger charge is 2.23. The fraction of sp³-hybridized carbons (Fsp3) is 0.583. The summed E-state index contributed by atoms with van der Waals surface area (Å²) in [5.74, 6) is 0.358. The van der Waals surface area contributed by atoms with Gasteiger partial charge in [-0.2, -0.15) is 0 Å². The second kappa shape index (κ2) is 5.23. The van der Waals surface area contributed by atoms with Crippen LogP contribution in [0.1, 0.15) is 29.5 Å². The molecule has 17 heavy (non-hydrogen) atoms. The molecule has 1 saturated heterocycles. The van der Waals surface area contributed by atoms with Crippen molar-refractivity contribution in [3.05, 3.63) is 23.8 Å². The molecule has 1 amide bonds. The Balaban J connectivity index is 1.98. The summed E-state index contributed by atoms with van der Waals surface area (Å²) in [5, 5.41) is 6.28. The van der Waals surface area contributed by atoms with Crippen molar-refractivity contribution in [3.8, 4) is 0 Å². The molecule has 2 heterocycles. The third kappa shape index (κ3) is 3.00. The molecular weight excluding hydrogens is 216 g/mol. The molecule has 0 saturated carbocycles. The summed E-state index contributed by atoms with van der Waals surface area (Å²) in [6, 6.07) is 0.180. The van der Waals surface area contributed by atoms with Crippen LogP contribution >= 0.6 is 0 Å². The molecule has 0 aromatic carbocycles. The molecule has 1 aliphatic heterocycles. The Kier molecular flexibility index (Phi) is 3.68. The van der Waals surface area contributed by atoms with E-state index in [1.807, 2.05) is 6.92 Å². The van der Waals surface area contributed by atoms with Gasteiger partial charge in [-0.25, -0.2) is 4.98 Å². The summed E-state index contributed by atoms with van der Waals surface area (Å²) >= 11 is 0. The first-order valence-electron chi connectivity index (χ1n) is 5.97. The van der Waals surface area contributed by atoms with Crippen molar-refractivity contribution >= 4 is 5.91 Å². The lowest BCUT2D eigenvalue weighted by atomic mass is 9.95. The Labute approximate surface area is 101 Å². The molecule has 1 aliphatic rings. The number of amides is 1. The highest BCUT2D eigenvalue weighted by Crippen LogP contribution is 2.11. The number of hydrogen-bond acceptors (Lipinski definition) is 4. The Morgan fingerprint density at radius 3 is 2.94 bits per heavy atom. The van der Waals surface area contributed by atoms with Crippen LogP contribution in [0.5, 0.6) is 0 Å². The lowest BCUT2D eigenvalue weighted by Crippen LogP contribution is -2.50. The highest BCUT2D eigenvalue weighted by atomic mass is 16.1. The average Bonchev–Trinajstić information content (AvgIpc) is 2.33. The van der Waals surface area contributed by atoms with Gasteiger partial charge in [0.05, 0.1) is 11.9 Å². The van der Waals surface area contributed by atoms with Gasteiger partial charge < -0.3 is 10.6 Å². The molecule has 2 N–H and O–H groups in total. The predicted molar refractivity (Wildman–Crippen MR) is 64.7 cm³/mol. The summed E-state index contributed by atoms with van der Waals surface area (Å²) in [5.41, 5.74) is 1.20. The fourth-order valence-electron chi connectivity index (χ4n) is 1.94. The molecule has 92 valence electrons. The maximum absolute atomic E-state index is 11.9. The smallest absolute Gasteiger partial charge is 0.271 e. The predicted octanol–water partition coefficient (Wildman–Crippen LogP) is 0.513. The van der Waals surface area contributed by atoms with E-state index in [1.54, 1.807) is 6.20 Å². The molecule has 2 unspecified atom stereocenters. The number of rotatable bonds is 2. The van der Waals surface area contributed by atoms with Gasteiger partial charge in [0.1, 0.15) is 5.69 Å². The molecule has 1 aromatic rings. The molecule has 2 rings (SSSR count). The molecule has 1 aromatic heterocycles. The van der Waals surface area contributed by atoms with E-state index in [1.165, 1.54) is 6.20 Å². The first-order chi connectivity index (χ1) is 8.16. The maximum atomic E-state index is 11.9. The third-order valence-corrected chi connectivity index (χ3v) is 3.16. The summed E-state index contributed by atoms with van der Waals surface area (Å²) in [4.78, 5) is 20.1. The van der Waals surface area contributed by atoms with Crippen LogP contribution < -0.4 is 10.6 Å². The number of carbonyl (C=O) groups is 1. The number of hydrogen-bond donors (Lipinski definition) is 2. The molecular formula is C12H18N4O. The third-order valence-electron chi connectivity index (χ3n) is 3.16. The zero-order valence-corrected chi connectivity index (χ0v) is 10.2. The highest BCUT2D eigenvalue weighted by molar-refractivity contribution is 5.92. The minimum absolute atomic E-state index is 0.141. The van der Waals surface area contributed by atoms with Crippen molar-refractivity contribution in [2.24, 2.45) is 5.92 Å². The number of nitrogens with one attached hydrogen (secondary N) is 2. The molecule has 5 heteroatoms. The second-order valence-electron chi connectivity index (χ2n) is 4.59. The van der Waals surface area contributed by atoms with Crippen LogP contribution in [0.25, 0.3) is 0 Å². The summed E-state index contributed by atoms with van der Waals surface area (Å²) in [6.45, 7) is 5.86. The molecule has 0 spiro atoms. The van der Waals surface area contributed by atoms with Crippen LogP contribution in [0.2, 0.25) is 0 Å². The lowest BCUT2D eigenvalue weighted by Gasteiger charge is -2.30. The van der Waals surface area contributed by atoms with E-state index in [-0.39, 0.29) is 11.9 Å². The van der Waals surface area contributed by atoms with Crippen molar-refractivity contribution in [2.45, 2.75) is 26.3 Å². The number of aryl methyl sites for hydroxylation is 1. The van der Waals surface area contributed by atoms with E-state index in [2.05, 4.69) is 27.5 Å². The summed E-state index contributed by atoms with van der Waals surface area (Å²) < 4.78 is 0. The van der Waals surface area contributed by atoms with E-state index in [0.717, 1.165) is 25.2 Å². The Morgan fingerprint density at radius 2 is 2.29 bits per heavy atom. The van der Waals surface area contributed by atoms with Crippen molar-refractivity contribution < 1.29 is 4.79 Å². The second-order valence-corrected chi connectivity index (χ2v) is 4.59. The quantitative estimate of drug-likeness (QED) is 0.782. The van der Waals surface area contributed by atoms with E-state index in [0.29, 0.717) is 11.6 Å². The Hall–Kier alpha value is -1.49. The van der Waals surface area contributed by atoms with Crippen LogP contribution in [0.15, 0.2) is 12.4 Å². The van der Waals surface area contributed by atoms with Gasteiger partial charge in [0, 0.05) is 18.8 Å². The standard InChI is InChI=1S/C12H18N4O/c1-8-3-4-13-6-10(8)16-12(17)11-7-14-9(2)5-15-11/h5,7-8,10,13H,3-4,6H2,1-2H3,(H,16,17). The molecule has 2 atom stereocenters. The van der Waals surface area contributed by atoms with Crippen LogP contribution in [-0.2, 0) is 0 Å². The van der Waals surface area contributed by atoms with Crippen molar-refractivity contribution in [2.75, 3.05) is 13.1 Å². The first-order valence-corrected chi connectivity index (χ1v) is 5.97. The lowest BCUT2D eigenvalue weighted by molar-refractivity contribution is 0.0909. The van der Waals surface area contributed by atoms with Gasteiger partial charge in [-0.15, -0.1) is 0 Å². The molecule has 5 nitrogen and oxygen atoms in total. The monoisotopic (exact) mass is 234 g/mol. The Bertz CT molecular complexity index is 390. The van der Waals surface area contributed by atoms with Crippen molar-refractivity contribution in [1.29, 1.82) is 0 Å². The average molecular weight is 234 g/mol. The SMILES string of the molecule is Cc1cnc(C(=O)NC2CNCCC2C)cn1. The molecule has 0 radical (unpaired) electrons. The first kappa shape index (κ1) is 12.0. The van der Waals surface area contributed by atoms with E-state index >= 15 is 0 Å². The van der Waals surface area contributed by atoms with Gasteiger partial charge in [-0.1, -0.05) is 6.92 Å². The van der Waals surface area contributed by atoms with E-state index in [4.69, 9.17) is 0 Å². The number of carbonyl (C=O) groups excluding carboxylic acids is 1. The minimum Gasteiger partial charge on any atom is -0.346 e. The maximum Gasteiger partial charge on any atom is 0.271 e. The summed E-state index contributed by atoms with van der Waals surface area (Å²) in [6.07, 6.45) is 4.22. The van der Waals surface area contributed by atoms with E-state index in [9.17, 15) is 4.79 Å². The summed E-state index contributed by atoms with van der Waals surface area (Å²) in [7, 11) is 0. The van der Waals surface area contributed by atoms with Gasteiger partial charge >= 0.3 is 0 Å². The van der Waals surface area contributed by atoms with Crippen molar-refractivity contribution in [1.82, 2.24) is 20.6 Å². The van der Waals surface area contributed by atoms with E-state index < -0.39 is 0 Å².